The van der Waals surface area contributed by atoms with E-state index in [1.165, 1.54) is 0 Å². The molecule has 0 radical (unpaired) electrons. The lowest BCUT2D eigenvalue weighted by molar-refractivity contribution is -0.129. The normalized spacial score (nSPS) is 25.0. The molecule has 0 aromatic carbocycles. The number of carbonyl (C=O) groups is 1. The third-order valence-corrected chi connectivity index (χ3v) is 2.17. The minimum absolute atomic E-state index is 0.226. The Kier molecular flexibility index (Phi) is 3.69. The van der Waals surface area contributed by atoms with Crippen molar-refractivity contribution in [2.24, 2.45) is 11.7 Å². The summed E-state index contributed by atoms with van der Waals surface area (Å²) in [6.07, 6.45) is 0. The number of nitrogens with zero attached hydrogens (tertiary/aromatic N) is 1. The third-order valence-electron chi connectivity index (χ3n) is 2.17. The summed E-state index contributed by atoms with van der Waals surface area (Å²) in [7, 11) is 0. The van der Waals surface area contributed by atoms with E-state index >= 15 is 0 Å². The van der Waals surface area contributed by atoms with E-state index in [1.807, 2.05) is 0 Å². The van der Waals surface area contributed by atoms with Crippen LogP contribution in [-0.4, -0.2) is 43.2 Å². The van der Waals surface area contributed by atoms with Crippen molar-refractivity contribution in [3.05, 3.63) is 0 Å². The molecular weight excluding hydrogens is 168 g/mol. The van der Waals surface area contributed by atoms with Gasteiger partial charge < -0.3 is 10.5 Å². The van der Waals surface area contributed by atoms with Crippen LogP contribution in [0.25, 0.3) is 0 Å². The maximum absolute atomic E-state index is 11.0. The molecule has 1 rings (SSSR count). The summed E-state index contributed by atoms with van der Waals surface area (Å²) in [6.45, 7) is 7.14. The Bertz CT molecular complexity index is 182. The van der Waals surface area contributed by atoms with Gasteiger partial charge >= 0.3 is 0 Å². The zero-order chi connectivity index (χ0) is 9.84. The van der Waals surface area contributed by atoms with Gasteiger partial charge in [0, 0.05) is 13.1 Å². The van der Waals surface area contributed by atoms with Crippen molar-refractivity contribution in [1.29, 1.82) is 0 Å². The number of nitrogens with two attached hydrogens (primary N) is 1. The lowest BCUT2D eigenvalue weighted by Gasteiger charge is -2.34. The molecule has 0 aromatic heterocycles. The summed E-state index contributed by atoms with van der Waals surface area (Å²) in [5, 5.41) is 0. The molecule has 0 aliphatic carbocycles. The van der Waals surface area contributed by atoms with Crippen LogP contribution in [0.3, 0.4) is 0 Å². The Balaban J connectivity index is 2.51. The molecule has 1 saturated heterocycles. The first-order valence-corrected chi connectivity index (χ1v) is 4.72. The quantitative estimate of drug-likeness (QED) is 0.665. The van der Waals surface area contributed by atoms with Crippen LogP contribution in [0.2, 0.25) is 0 Å². The fraction of sp³-hybridized carbons (Fsp3) is 0.889. The van der Waals surface area contributed by atoms with E-state index in [0.717, 1.165) is 13.1 Å². The van der Waals surface area contributed by atoms with Gasteiger partial charge in [0.15, 0.2) is 0 Å². The van der Waals surface area contributed by atoms with Crippen molar-refractivity contribution >= 4 is 5.91 Å². The van der Waals surface area contributed by atoms with Gasteiger partial charge in [-0.3, -0.25) is 9.69 Å². The van der Waals surface area contributed by atoms with Gasteiger partial charge in [-0.25, -0.2) is 0 Å². The summed E-state index contributed by atoms with van der Waals surface area (Å²) < 4.78 is 5.21. The first kappa shape index (κ1) is 10.5. The molecule has 1 amide bonds. The highest BCUT2D eigenvalue weighted by Crippen LogP contribution is 2.09. The highest BCUT2D eigenvalue weighted by atomic mass is 16.5. The van der Waals surface area contributed by atoms with Crippen LogP contribution in [-0.2, 0) is 9.53 Å². The second-order valence-corrected chi connectivity index (χ2v) is 3.88. The standard InChI is InChI=1S/C9H18N2O2/c1-7(2)5-11-3-4-13-6-8(11)9(10)12/h7-8H,3-6H2,1-2H3,(H2,10,12)/t8-/m0/s1. The predicted octanol–water partition coefficient (Wildman–Crippen LogP) is -0.171. The molecule has 4 nitrogen and oxygen atoms in total. The fourth-order valence-corrected chi connectivity index (χ4v) is 1.59. The first-order chi connectivity index (χ1) is 6.11. The highest BCUT2D eigenvalue weighted by molar-refractivity contribution is 5.80. The molecule has 0 aromatic rings. The molecule has 13 heavy (non-hydrogen) atoms. The van der Waals surface area contributed by atoms with Gasteiger partial charge in [-0.2, -0.15) is 0 Å². The van der Waals surface area contributed by atoms with E-state index in [4.69, 9.17) is 10.5 Å². The molecule has 2 N–H and O–H groups in total. The van der Waals surface area contributed by atoms with Gasteiger partial charge in [0.05, 0.1) is 13.2 Å². The second kappa shape index (κ2) is 4.58. The number of ether oxygens (including phenoxy) is 1. The molecule has 0 bridgehead atoms. The summed E-state index contributed by atoms with van der Waals surface area (Å²) >= 11 is 0. The molecule has 0 unspecified atom stereocenters. The summed E-state index contributed by atoms with van der Waals surface area (Å²) in [5.74, 6) is 0.278. The maximum atomic E-state index is 11.0. The number of carbonyl (C=O) groups excluding carboxylic acids is 1. The zero-order valence-electron chi connectivity index (χ0n) is 8.32. The monoisotopic (exact) mass is 186 g/mol. The van der Waals surface area contributed by atoms with Gasteiger partial charge in [0.2, 0.25) is 5.91 Å². The molecule has 76 valence electrons. The average Bonchev–Trinajstić information content (AvgIpc) is 2.03. The highest BCUT2D eigenvalue weighted by Gasteiger charge is 2.27. The smallest absolute Gasteiger partial charge is 0.237 e. The molecule has 0 spiro atoms. The molecule has 1 atom stereocenters. The Hall–Kier alpha value is -0.610. The van der Waals surface area contributed by atoms with Crippen molar-refractivity contribution in [3.63, 3.8) is 0 Å². The molecule has 1 aliphatic heterocycles. The van der Waals surface area contributed by atoms with Crippen molar-refractivity contribution in [3.8, 4) is 0 Å². The summed E-state index contributed by atoms with van der Waals surface area (Å²) in [4.78, 5) is 13.2. The van der Waals surface area contributed by atoms with E-state index in [1.54, 1.807) is 0 Å². The number of hydrogen-bond acceptors (Lipinski definition) is 3. The summed E-state index contributed by atoms with van der Waals surface area (Å²) in [5.41, 5.74) is 5.27. The molecule has 1 heterocycles. The van der Waals surface area contributed by atoms with E-state index in [2.05, 4.69) is 18.7 Å². The minimum atomic E-state index is -0.277. The van der Waals surface area contributed by atoms with Gasteiger partial charge in [-0.05, 0) is 5.92 Å². The lowest BCUT2D eigenvalue weighted by Crippen LogP contribution is -2.53. The number of rotatable bonds is 3. The number of morpholine rings is 1. The van der Waals surface area contributed by atoms with Crippen molar-refractivity contribution in [1.82, 2.24) is 4.90 Å². The van der Waals surface area contributed by atoms with E-state index in [9.17, 15) is 4.79 Å². The number of primary amides is 1. The van der Waals surface area contributed by atoms with Crippen LogP contribution in [0.4, 0.5) is 0 Å². The molecule has 0 saturated carbocycles. The van der Waals surface area contributed by atoms with Gasteiger partial charge in [0.1, 0.15) is 6.04 Å². The van der Waals surface area contributed by atoms with Crippen molar-refractivity contribution < 1.29 is 9.53 Å². The molecular formula is C9H18N2O2. The Morgan fingerprint density at radius 3 is 2.92 bits per heavy atom. The summed E-state index contributed by atoms with van der Waals surface area (Å²) in [6, 6.07) is -0.226. The Morgan fingerprint density at radius 1 is 1.69 bits per heavy atom. The van der Waals surface area contributed by atoms with E-state index in [0.29, 0.717) is 19.1 Å². The predicted molar refractivity (Wildman–Crippen MR) is 50.2 cm³/mol. The number of amides is 1. The molecule has 1 aliphatic rings. The molecule has 4 heteroatoms. The van der Waals surface area contributed by atoms with Crippen molar-refractivity contribution in [2.45, 2.75) is 19.9 Å². The first-order valence-electron chi connectivity index (χ1n) is 4.72. The van der Waals surface area contributed by atoms with Crippen LogP contribution in [0.15, 0.2) is 0 Å². The largest absolute Gasteiger partial charge is 0.378 e. The second-order valence-electron chi connectivity index (χ2n) is 3.88. The van der Waals surface area contributed by atoms with Gasteiger partial charge in [0.25, 0.3) is 0 Å². The fourth-order valence-electron chi connectivity index (χ4n) is 1.59. The number of hydrogen-bond donors (Lipinski definition) is 1. The Labute approximate surface area is 79.0 Å². The minimum Gasteiger partial charge on any atom is -0.378 e. The van der Waals surface area contributed by atoms with Crippen LogP contribution in [0.1, 0.15) is 13.8 Å². The average molecular weight is 186 g/mol. The maximum Gasteiger partial charge on any atom is 0.237 e. The van der Waals surface area contributed by atoms with E-state index < -0.39 is 0 Å². The van der Waals surface area contributed by atoms with Crippen LogP contribution in [0.5, 0.6) is 0 Å². The van der Waals surface area contributed by atoms with Crippen LogP contribution in [0, 0.1) is 5.92 Å². The topological polar surface area (TPSA) is 55.6 Å². The van der Waals surface area contributed by atoms with Crippen LogP contribution < -0.4 is 5.73 Å². The zero-order valence-corrected chi connectivity index (χ0v) is 8.32. The SMILES string of the molecule is CC(C)CN1CCOC[C@H]1C(N)=O. The lowest BCUT2D eigenvalue weighted by atomic mass is 10.1. The van der Waals surface area contributed by atoms with Crippen molar-refractivity contribution in [2.75, 3.05) is 26.3 Å². The Morgan fingerprint density at radius 2 is 2.38 bits per heavy atom. The third kappa shape index (κ3) is 2.97. The van der Waals surface area contributed by atoms with Gasteiger partial charge in [-0.1, -0.05) is 13.8 Å². The van der Waals surface area contributed by atoms with Crippen LogP contribution >= 0.6 is 0 Å². The molecule has 1 fully saturated rings. The van der Waals surface area contributed by atoms with E-state index in [-0.39, 0.29) is 11.9 Å². The van der Waals surface area contributed by atoms with Gasteiger partial charge in [-0.15, -0.1) is 0 Å².